The molecule has 0 bridgehead atoms. The molecule has 0 unspecified atom stereocenters. The van der Waals surface area contributed by atoms with E-state index in [-0.39, 0.29) is 5.69 Å². The van der Waals surface area contributed by atoms with Crippen molar-refractivity contribution in [3.05, 3.63) is 77.1 Å². The second kappa shape index (κ2) is 6.44. The van der Waals surface area contributed by atoms with Crippen LogP contribution in [0.4, 0.5) is 0 Å². The molecule has 5 heteroatoms. The van der Waals surface area contributed by atoms with Gasteiger partial charge in [-0.3, -0.25) is 0 Å². The number of carboxylic acid groups (broad SMARTS) is 1. The van der Waals surface area contributed by atoms with Gasteiger partial charge in [0.15, 0.2) is 5.69 Å². The van der Waals surface area contributed by atoms with E-state index in [0.29, 0.717) is 12.1 Å². The van der Waals surface area contributed by atoms with Gasteiger partial charge in [0, 0.05) is 0 Å². The number of carboxylic acids is 1. The highest BCUT2D eigenvalue weighted by Crippen LogP contribution is 2.16. The lowest BCUT2D eigenvalue weighted by atomic mass is 10.1. The normalized spacial score (nSPS) is 10.7. The maximum Gasteiger partial charge on any atom is 0.358 e. The highest BCUT2D eigenvalue weighted by molar-refractivity contribution is 5.86. The number of hydrogen-bond acceptors (Lipinski definition) is 3. The van der Waals surface area contributed by atoms with E-state index >= 15 is 0 Å². The van der Waals surface area contributed by atoms with Crippen molar-refractivity contribution in [2.75, 3.05) is 0 Å². The van der Waals surface area contributed by atoms with Gasteiger partial charge in [-0.15, -0.1) is 5.10 Å². The van der Waals surface area contributed by atoms with E-state index in [9.17, 15) is 9.90 Å². The average Bonchev–Trinajstić information content (AvgIpc) is 2.99. The molecule has 0 fully saturated rings. The molecule has 0 saturated heterocycles. The van der Waals surface area contributed by atoms with Crippen molar-refractivity contribution in [1.29, 1.82) is 0 Å². The van der Waals surface area contributed by atoms with Crippen LogP contribution in [0, 0.1) is 6.92 Å². The van der Waals surface area contributed by atoms with Crippen molar-refractivity contribution in [1.82, 2.24) is 15.0 Å². The van der Waals surface area contributed by atoms with Crippen molar-refractivity contribution >= 4 is 5.97 Å². The zero-order chi connectivity index (χ0) is 16.2. The summed E-state index contributed by atoms with van der Waals surface area (Å²) in [5.74, 6) is -1.05. The number of aromatic carboxylic acids is 1. The maximum atomic E-state index is 11.4. The van der Waals surface area contributed by atoms with Crippen LogP contribution >= 0.6 is 0 Å². The minimum Gasteiger partial charge on any atom is -0.476 e. The van der Waals surface area contributed by atoms with Crippen LogP contribution in [0.3, 0.4) is 0 Å². The van der Waals surface area contributed by atoms with E-state index in [1.54, 1.807) is 4.68 Å². The molecular formula is C18H17N3O2. The Labute approximate surface area is 134 Å². The third-order valence-electron chi connectivity index (χ3n) is 3.74. The zero-order valence-corrected chi connectivity index (χ0v) is 12.8. The van der Waals surface area contributed by atoms with Crippen LogP contribution in [0.25, 0.3) is 5.69 Å². The van der Waals surface area contributed by atoms with Gasteiger partial charge in [0.25, 0.3) is 0 Å². The first kappa shape index (κ1) is 15.0. The fourth-order valence-corrected chi connectivity index (χ4v) is 2.49. The Morgan fingerprint density at radius 3 is 2.39 bits per heavy atom. The molecule has 3 rings (SSSR count). The van der Waals surface area contributed by atoms with Crippen LogP contribution in [0.1, 0.15) is 27.3 Å². The molecule has 1 heterocycles. The van der Waals surface area contributed by atoms with Crippen LogP contribution in [-0.4, -0.2) is 26.1 Å². The molecule has 0 aliphatic carbocycles. The number of aryl methyl sites for hydroxylation is 2. The molecule has 116 valence electrons. The van der Waals surface area contributed by atoms with E-state index in [0.717, 1.165) is 23.2 Å². The summed E-state index contributed by atoms with van der Waals surface area (Å²) >= 11 is 0. The largest absolute Gasteiger partial charge is 0.476 e. The summed E-state index contributed by atoms with van der Waals surface area (Å²) in [7, 11) is 0. The second-order valence-electron chi connectivity index (χ2n) is 5.42. The molecule has 0 amide bonds. The first-order valence-electron chi connectivity index (χ1n) is 7.44. The Kier molecular flexibility index (Phi) is 4.19. The van der Waals surface area contributed by atoms with Gasteiger partial charge in [0.05, 0.1) is 11.4 Å². The van der Waals surface area contributed by atoms with Gasteiger partial charge >= 0.3 is 5.97 Å². The zero-order valence-electron chi connectivity index (χ0n) is 12.8. The van der Waals surface area contributed by atoms with Crippen LogP contribution in [0.15, 0.2) is 54.6 Å². The molecule has 0 aliphatic rings. The minimum absolute atomic E-state index is 0.0153. The average molecular weight is 307 g/mol. The van der Waals surface area contributed by atoms with Crippen molar-refractivity contribution in [2.45, 2.75) is 19.8 Å². The Hall–Kier alpha value is -2.95. The van der Waals surface area contributed by atoms with E-state index in [4.69, 9.17) is 0 Å². The van der Waals surface area contributed by atoms with Gasteiger partial charge in [-0.1, -0.05) is 53.2 Å². The monoisotopic (exact) mass is 307 g/mol. The smallest absolute Gasteiger partial charge is 0.358 e. The van der Waals surface area contributed by atoms with Gasteiger partial charge in [-0.25, -0.2) is 9.48 Å². The van der Waals surface area contributed by atoms with Crippen LogP contribution < -0.4 is 0 Å². The molecule has 0 saturated carbocycles. The Bertz CT molecular complexity index is 808. The van der Waals surface area contributed by atoms with Crippen molar-refractivity contribution in [2.24, 2.45) is 0 Å². The Morgan fingerprint density at radius 1 is 1.04 bits per heavy atom. The number of benzene rings is 2. The number of hydrogen-bond donors (Lipinski definition) is 1. The molecule has 1 N–H and O–H groups in total. The van der Waals surface area contributed by atoms with Crippen molar-refractivity contribution in [3.8, 4) is 5.69 Å². The molecule has 0 radical (unpaired) electrons. The molecule has 0 aliphatic heterocycles. The third kappa shape index (κ3) is 3.29. The van der Waals surface area contributed by atoms with E-state index in [1.807, 2.05) is 61.5 Å². The molecule has 0 spiro atoms. The number of carbonyl (C=O) groups is 1. The molecule has 2 aromatic carbocycles. The summed E-state index contributed by atoms with van der Waals surface area (Å²) in [6.07, 6.45) is 1.30. The van der Waals surface area contributed by atoms with Gasteiger partial charge < -0.3 is 5.11 Å². The van der Waals surface area contributed by atoms with E-state index < -0.39 is 5.97 Å². The molecule has 5 nitrogen and oxygen atoms in total. The third-order valence-corrected chi connectivity index (χ3v) is 3.74. The lowest BCUT2D eigenvalue weighted by Gasteiger charge is -2.08. The maximum absolute atomic E-state index is 11.4. The van der Waals surface area contributed by atoms with Crippen LogP contribution in [0.2, 0.25) is 0 Å². The Balaban J connectivity index is 1.94. The fourth-order valence-electron chi connectivity index (χ4n) is 2.49. The van der Waals surface area contributed by atoms with Gasteiger partial charge in [0.2, 0.25) is 0 Å². The quantitative estimate of drug-likeness (QED) is 0.786. The minimum atomic E-state index is -1.05. The standard InChI is InChI=1S/C18H17N3O2/c1-13-7-10-15(11-8-13)21-16(17(18(22)23)19-20-21)12-9-14-5-3-2-4-6-14/h2-8,10-11H,9,12H2,1H3,(H,22,23). The van der Waals surface area contributed by atoms with Crippen LogP contribution in [0.5, 0.6) is 0 Å². The van der Waals surface area contributed by atoms with E-state index in [1.165, 1.54) is 0 Å². The van der Waals surface area contributed by atoms with Gasteiger partial charge in [-0.05, 0) is 37.5 Å². The lowest BCUT2D eigenvalue weighted by molar-refractivity contribution is 0.0689. The molecule has 3 aromatic rings. The topological polar surface area (TPSA) is 68.0 Å². The van der Waals surface area contributed by atoms with Crippen molar-refractivity contribution in [3.63, 3.8) is 0 Å². The number of rotatable bonds is 5. The first-order valence-corrected chi connectivity index (χ1v) is 7.44. The summed E-state index contributed by atoms with van der Waals surface area (Å²) in [5, 5.41) is 17.2. The molecule has 23 heavy (non-hydrogen) atoms. The number of aromatic nitrogens is 3. The highest BCUT2D eigenvalue weighted by atomic mass is 16.4. The predicted octanol–water partition coefficient (Wildman–Crippen LogP) is 3.06. The highest BCUT2D eigenvalue weighted by Gasteiger charge is 2.19. The first-order chi connectivity index (χ1) is 11.1. The summed E-state index contributed by atoms with van der Waals surface area (Å²) in [6.45, 7) is 2.00. The molecule has 1 aromatic heterocycles. The second-order valence-corrected chi connectivity index (χ2v) is 5.42. The molecular weight excluding hydrogens is 290 g/mol. The van der Waals surface area contributed by atoms with Crippen LogP contribution in [-0.2, 0) is 12.8 Å². The molecule has 0 atom stereocenters. The van der Waals surface area contributed by atoms with E-state index in [2.05, 4.69) is 10.3 Å². The predicted molar refractivity (Wildman–Crippen MR) is 86.9 cm³/mol. The summed E-state index contributed by atoms with van der Waals surface area (Å²) in [5.41, 5.74) is 3.74. The summed E-state index contributed by atoms with van der Waals surface area (Å²) in [4.78, 5) is 11.4. The van der Waals surface area contributed by atoms with Gasteiger partial charge in [0.1, 0.15) is 0 Å². The Morgan fingerprint density at radius 2 is 1.74 bits per heavy atom. The summed E-state index contributed by atoms with van der Waals surface area (Å²) < 4.78 is 1.62. The summed E-state index contributed by atoms with van der Waals surface area (Å²) in [6, 6.07) is 17.7. The SMILES string of the molecule is Cc1ccc(-n2nnc(C(=O)O)c2CCc2ccccc2)cc1. The number of nitrogens with zero attached hydrogens (tertiary/aromatic N) is 3. The van der Waals surface area contributed by atoms with Crippen molar-refractivity contribution < 1.29 is 9.90 Å². The van der Waals surface area contributed by atoms with Gasteiger partial charge in [-0.2, -0.15) is 0 Å². The fraction of sp³-hybridized carbons (Fsp3) is 0.167. The lowest BCUT2D eigenvalue weighted by Crippen LogP contribution is -2.08.